The zero-order chi connectivity index (χ0) is 17.8. The van der Waals surface area contributed by atoms with Crippen LogP contribution < -0.4 is 0 Å². The number of fused-ring (bicyclic) bond motifs is 1. The number of nitrogens with zero attached hydrogens (tertiary/aromatic N) is 4. The molecule has 3 aromatic rings. The quantitative estimate of drug-likeness (QED) is 0.749. The van der Waals surface area contributed by atoms with E-state index in [1.165, 1.54) is 0 Å². The van der Waals surface area contributed by atoms with Gasteiger partial charge in [0.15, 0.2) is 0 Å². The van der Waals surface area contributed by atoms with Crippen molar-refractivity contribution in [3.05, 3.63) is 53.6 Å². The van der Waals surface area contributed by atoms with Crippen LogP contribution in [-0.2, 0) is 13.1 Å². The maximum absolute atomic E-state index is 13.0. The fraction of sp³-hybridized carbons (Fsp3) is 0.316. The summed E-state index contributed by atoms with van der Waals surface area (Å²) in [7, 11) is 0. The summed E-state index contributed by atoms with van der Waals surface area (Å²) in [5.41, 5.74) is 2.95. The molecule has 6 nitrogen and oxygen atoms in total. The number of rotatable bonds is 6. The van der Waals surface area contributed by atoms with Gasteiger partial charge in [0.05, 0.1) is 5.52 Å². The second kappa shape index (κ2) is 7.34. The van der Waals surface area contributed by atoms with Crippen LogP contribution in [0.5, 0.6) is 5.75 Å². The van der Waals surface area contributed by atoms with E-state index < -0.39 is 0 Å². The highest BCUT2D eigenvalue weighted by Gasteiger charge is 2.18. The number of benzene rings is 2. The van der Waals surface area contributed by atoms with E-state index in [4.69, 9.17) is 0 Å². The normalized spacial score (nSPS) is 11.0. The summed E-state index contributed by atoms with van der Waals surface area (Å²) in [6, 6.07) is 12.6. The Labute approximate surface area is 146 Å². The van der Waals surface area contributed by atoms with Gasteiger partial charge in [0.25, 0.3) is 5.91 Å². The topological polar surface area (TPSA) is 71.2 Å². The second-order valence-electron chi connectivity index (χ2n) is 5.96. The van der Waals surface area contributed by atoms with Gasteiger partial charge in [0.1, 0.15) is 11.3 Å². The molecule has 0 aliphatic heterocycles. The predicted molar refractivity (Wildman–Crippen MR) is 96.3 cm³/mol. The number of hydrogen-bond donors (Lipinski definition) is 1. The highest BCUT2D eigenvalue weighted by atomic mass is 16.3. The predicted octanol–water partition coefficient (Wildman–Crippen LogP) is 3.21. The number of aromatic nitrogens is 3. The maximum atomic E-state index is 13.0. The van der Waals surface area contributed by atoms with E-state index in [2.05, 4.69) is 10.3 Å². The van der Waals surface area contributed by atoms with Gasteiger partial charge in [-0.25, -0.2) is 4.68 Å². The Morgan fingerprint density at radius 2 is 2.00 bits per heavy atom. The Hall–Kier alpha value is -2.89. The molecule has 0 aliphatic carbocycles. The monoisotopic (exact) mass is 338 g/mol. The minimum Gasteiger partial charge on any atom is -0.508 e. The first kappa shape index (κ1) is 17.0. The van der Waals surface area contributed by atoms with E-state index in [1.54, 1.807) is 27.8 Å². The number of carbonyl (C=O) groups excluding carboxylic acids is 1. The number of phenolic OH excluding ortho intramolecular Hbond substituents is 1. The molecule has 0 saturated heterocycles. The van der Waals surface area contributed by atoms with Crippen LogP contribution in [0.2, 0.25) is 0 Å². The molecule has 0 fully saturated rings. The summed E-state index contributed by atoms with van der Waals surface area (Å²) in [5, 5.41) is 18.2. The van der Waals surface area contributed by atoms with Crippen molar-refractivity contribution in [2.24, 2.45) is 0 Å². The molecule has 0 aliphatic rings. The Morgan fingerprint density at radius 3 is 2.72 bits per heavy atom. The highest BCUT2D eigenvalue weighted by Crippen LogP contribution is 2.20. The molecule has 0 atom stereocenters. The number of aryl methyl sites for hydroxylation is 1. The smallest absolute Gasteiger partial charge is 0.254 e. The van der Waals surface area contributed by atoms with E-state index in [-0.39, 0.29) is 11.7 Å². The van der Waals surface area contributed by atoms with Crippen molar-refractivity contribution in [2.75, 3.05) is 6.54 Å². The molecule has 1 N–H and O–H groups in total. The summed E-state index contributed by atoms with van der Waals surface area (Å²) in [5.74, 6) is 0.135. The second-order valence-corrected chi connectivity index (χ2v) is 5.96. The molecule has 0 bridgehead atoms. The van der Waals surface area contributed by atoms with E-state index in [1.807, 2.05) is 38.1 Å². The lowest BCUT2D eigenvalue weighted by Gasteiger charge is -2.23. The molecule has 130 valence electrons. The van der Waals surface area contributed by atoms with Crippen molar-refractivity contribution < 1.29 is 9.90 Å². The zero-order valence-electron chi connectivity index (χ0n) is 14.5. The minimum absolute atomic E-state index is 0.0712. The first-order chi connectivity index (χ1) is 12.1. The van der Waals surface area contributed by atoms with Crippen LogP contribution >= 0.6 is 0 Å². The SMILES string of the molecule is CCCN(Cc1ccccc1O)C(=O)c1ccc2c(c1)nnn2CC. The number of amides is 1. The summed E-state index contributed by atoms with van der Waals surface area (Å²) in [4.78, 5) is 14.7. The summed E-state index contributed by atoms with van der Waals surface area (Å²) >= 11 is 0. The summed E-state index contributed by atoms with van der Waals surface area (Å²) in [6.07, 6.45) is 0.841. The van der Waals surface area contributed by atoms with Gasteiger partial charge >= 0.3 is 0 Å². The molecule has 0 saturated carbocycles. The molecule has 0 spiro atoms. The molecule has 1 heterocycles. The van der Waals surface area contributed by atoms with Gasteiger partial charge in [-0.3, -0.25) is 4.79 Å². The Kier molecular flexibility index (Phi) is 4.97. The molecule has 1 aromatic heterocycles. The van der Waals surface area contributed by atoms with Gasteiger partial charge in [0, 0.05) is 30.8 Å². The average molecular weight is 338 g/mol. The molecule has 25 heavy (non-hydrogen) atoms. The molecule has 1 amide bonds. The van der Waals surface area contributed by atoms with Crippen molar-refractivity contribution in [1.82, 2.24) is 19.9 Å². The fourth-order valence-electron chi connectivity index (χ4n) is 2.89. The van der Waals surface area contributed by atoms with Crippen molar-refractivity contribution >= 4 is 16.9 Å². The molecular weight excluding hydrogens is 316 g/mol. The van der Waals surface area contributed by atoms with E-state index in [0.717, 1.165) is 24.0 Å². The largest absolute Gasteiger partial charge is 0.508 e. The van der Waals surface area contributed by atoms with Crippen LogP contribution in [0.25, 0.3) is 11.0 Å². The third kappa shape index (κ3) is 3.47. The van der Waals surface area contributed by atoms with E-state index in [9.17, 15) is 9.90 Å². The lowest BCUT2D eigenvalue weighted by Crippen LogP contribution is -2.31. The molecule has 6 heteroatoms. The summed E-state index contributed by atoms with van der Waals surface area (Å²) in [6.45, 7) is 5.76. The maximum Gasteiger partial charge on any atom is 0.254 e. The summed E-state index contributed by atoms with van der Waals surface area (Å²) < 4.78 is 1.80. The van der Waals surface area contributed by atoms with Crippen molar-refractivity contribution in [1.29, 1.82) is 0 Å². The lowest BCUT2D eigenvalue weighted by molar-refractivity contribution is 0.0742. The Bertz CT molecular complexity index is 888. The number of aromatic hydroxyl groups is 1. The van der Waals surface area contributed by atoms with E-state index in [0.29, 0.717) is 24.2 Å². The van der Waals surface area contributed by atoms with Gasteiger partial charge in [-0.05, 0) is 37.6 Å². The molecule has 3 rings (SSSR count). The number of para-hydroxylation sites is 1. The van der Waals surface area contributed by atoms with Gasteiger partial charge in [-0.2, -0.15) is 0 Å². The third-order valence-corrected chi connectivity index (χ3v) is 4.19. The highest BCUT2D eigenvalue weighted by molar-refractivity contribution is 5.97. The molecule has 2 aromatic carbocycles. The minimum atomic E-state index is -0.0712. The standard InChI is InChI=1S/C19H22N4O2/c1-3-11-22(13-15-7-5-6-8-18(15)24)19(25)14-9-10-17-16(12-14)20-21-23(17)4-2/h5-10,12,24H,3-4,11,13H2,1-2H3. The first-order valence-corrected chi connectivity index (χ1v) is 8.53. The fourth-order valence-corrected chi connectivity index (χ4v) is 2.89. The van der Waals surface area contributed by atoms with Crippen LogP contribution in [0.1, 0.15) is 36.2 Å². The van der Waals surface area contributed by atoms with E-state index >= 15 is 0 Å². The van der Waals surface area contributed by atoms with Crippen LogP contribution in [0.15, 0.2) is 42.5 Å². The van der Waals surface area contributed by atoms with Crippen molar-refractivity contribution in [3.63, 3.8) is 0 Å². The van der Waals surface area contributed by atoms with Crippen molar-refractivity contribution in [2.45, 2.75) is 33.4 Å². The average Bonchev–Trinajstić information content (AvgIpc) is 3.04. The Morgan fingerprint density at radius 1 is 1.20 bits per heavy atom. The van der Waals surface area contributed by atoms with Gasteiger partial charge < -0.3 is 10.0 Å². The van der Waals surface area contributed by atoms with Gasteiger partial charge in [0.2, 0.25) is 0 Å². The molecule has 0 unspecified atom stereocenters. The first-order valence-electron chi connectivity index (χ1n) is 8.53. The van der Waals surface area contributed by atoms with Gasteiger partial charge in [-0.1, -0.05) is 30.3 Å². The van der Waals surface area contributed by atoms with Gasteiger partial charge in [-0.15, -0.1) is 5.10 Å². The number of phenols is 1. The van der Waals surface area contributed by atoms with Crippen LogP contribution in [0.3, 0.4) is 0 Å². The van der Waals surface area contributed by atoms with Crippen LogP contribution in [0.4, 0.5) is 0 Å². The van der Waals surface area contributed by atoms with Crippen LogP contribution in [-0.4, -0.2) is 37.5 Å². The number of carbonyl (C=O) groups is 1. The van der Waals surface area contributed by atoms with Crippen molar-refractivity contribution in [3.8, 4) is 5.75 Å². The van der Waals surface area contributed by atoms with Crippen LogP contribution in [0, 0.1) is 0 Å². The lowest BCUT2D eigenvalue weighted by atomic mass is 10.1. The third-order valence-electron chi connectivity index (χ3n) is 4.19. The molecular formula is C19H22N4O2. The molecule has 0 radical (unpaired) electrons. The Balaban J connectivity index is 1.88. The zero-order valence-corrected chi connectivity index (χ0v) is 14.5. The number of hydrogen-bond acceptors (Lipinski definition) is 4.